The molecule has 0 saturated carbocycles. The van der Waals surface area contributed by atoms with Crippen LogP contribution < -0.4 is 4.90 Å². The number of halogens is 1. The van der Waals surface area contributed by atoms with Crippen LogP contribution in [0.1, 0.15) is 15.9 Å². The monoisotopic (exact) mass is 424 g/mol. The van der Waals surface area contributed by atoms with Crippen molar-refractivity contribution in [3.05, 3.63) is 88.9 Å². The quantitative estimate of drug-likeness (QED) is 0.342. The zero-order valence-electron chi connectivity index (χ0n) is 15.1. The Labute approximate surface area is 177 Å². The van der Waals surface area contributed by atoms with Crippen molar-refractivity contribution in [3.8, 4) is 0 Å². The summed E-state index contributed by atoms with van der Waals surface area (Å²) in [5.41, 5.74) is 2.45. The Morgan fingerprint density at radius 2 is 1.79 bits per heavy atom. The Balaban J connectivity index is 1.81. The number of hydrogen-bond donors (Lipinski definition) is 0. The first-order chi connectivity index (χ1) is 13.7. The Morgan fingerprint density at radius 1 is 1.04 bits per heavy atom. The molecule has 3 nitrogen and oxygen atoms in total. The average Bonchev–Trinajstić information content (AvgIpc) is 3.17. The lowest BCUT2D eigenvalue weighted by molar-refractivity contribution is 0.0982. The molecule has 0 atom stereocenters. The Bertz CT molecular complexity index is 1130. The number of thiazole rings is 1. The van der Waals surface area contributed by atoms with E-state index in [1.165, 1.54) is 11.3 Å². The van der Waals surface area contributed by atoms with E-state index in [0.29, 0.717) is 22.3 Å². The van der Waals surface area contributed by atoms with E-state index in [1.54, 1.807) is 16.7 Å². The highest BCUT2D eigenvalue weighted by atomic mass is 35.5. The third kappa shape index (κ3) is 3.78. The third-order valence-corrected chi connectivity index (χ3v) is 6.50. The van der Waals surface area contributed by atoms with E-state index < -0.39 is 0 Å². The topological polar surface area (TPSA) is 33.2 Å². The lowest BCUT2D eigenvalue weighted by Gasteiger charge is -2.21. The first kappa shape index (κ1) is 19.0. The molecule has 4 rings (SSSR count). The highest BCUT2D eigenvalue weighted by Crippen LogP contribution is 2.35. The second kappa shape index (κ2) is 8.35. The molecule has 140 valence electrons. The molecule has 0 bridgehead atoms. The number of carbonyl (C=O) groups is 1. The predicted molar refractivity (Wildman–Crippen MR) is 120 cm³/mol. The number of fused-ring (bicyclic) bond motifs is 1. The number of aromatic nitrogens is 1. The second-order valence-electron chi connectivity index (χ2n) is 6.16. The Morgan fingerprint density at radius 3 is 2.54 bits per heavy atom. The van der Waals surface area contributed by atoms with Gasteiger partial charge in [0.1, 0.15) is 5.52 Å². The number of rotatable bonds is 5. The van der Waals surface area contributed by atoms with E-state index in [1.807, 2.05) is 79.1 Å². The summed E-state index contributed by atoms with van der Waals surface area (Å²) in [6.45, 7) is 0.444. The van der Waals surface area contributed by atoms with Gasteiger partial charge in [-0.1, -0.05) is 71.5 Å². The number of nitrogens with zero attached hydrogens (tertiary/aromatic N) is 2. The number of carbonyl (C=O) groups excluding carboxylic acids is 1. The van der Waals surface area contributed by atoms with Gasteiger partial charge in [0.2, 0.25) is 0 Å². The van der Waals surface area contributed by atoms with Gasteiger partial charge >= 0.3 is 0 Å². The normalized spacial score (nSPS) is 10.9. The summed E-state index contributed by atoms with van der Waals surface area (Å²) in [5, 5.41) is 1.24. The van der Waals surface area contributed by atoms with Gasteiger partial charge in [-0.3, -0.25) is 9.69 Å². The molecule has 0 aliphatic heterocycles. The molecule has 0 N–H and O–H groups in total. The molecule has 0 aliphatic rings. The highest BCUT2D eigenvalue weighted by Gasteiger charge is 2.24. The second-order valence-corrected chi connectivity index (χ2v) is 8.42. The summed E-state index contributed by atoms with van der Waals surface area (Å²) >= 11 is 9.36. The first-order valence-corrected chi connectivity index (χ1v) is 11.1. The van der Waals surface area contributed by atoms with Crippen LogP contribution in [-0.2, 0) is 6.54 Å². The molecule has 0 fully saturated rings. The molecule has 0 unspecified atom stereocenters. The largest absolute Gasteiger partial charge is 0.279 e. The van der Waals surface area contributed by atoms with Gasteiger partial charge < -0.3 is 0 Å². The number of anilines is 1. The van der Waals surface area contributed by atoms with Crippen molar-refractivity contribution in [1.29, 1.82) is 0 Å². The number of para-hydroxylation sites is 1. The fourth-order valence-electron chi connectivity index (χ4n) is 2.98. The summed E-state index contributed by atoms with van der Waals surface area (Å²) in [6.07, 6.45) is 1.98. The fourth-order valence-corrected chi connectivity index (χ4v) is 4.83. The maximum Gasteiger partial charge on any atom is 0.261 e. The minimum Gasteiger partial charge on any atom is -0.279 e. The minimum atomic E-state index is -0.0658. The standard InChI is InChI=1S/C22H17ClN2OS2/c1-27-18-12-6-5-10-16(18)21(26)25(14-15-8-3-2-4-9-15)22-24-20-17(23)11-7-13-19(20)28-22/h2-13H,14H2,1H3. The van der Waals surface area contributed by atoms with E-state index >= 15 is 0 Å². The van der Waals surface area contributed by atoms with Gasteiger partial charge in [-0.05, 0) is 36.1 Å². The van der Waals surface area contributed by atoms with Gasteiger partial charge in [0, 0.05) is 4.90 Å². The number of benzene rings is 3. The maximum absolute atomic E-state index is 13.5. The zero-order chi connectivity index (χ0) is 19.5. The predicted octanol–water partition coefficient (Wildman–Crippen LogP) is 6.52. The van der Waals surface area contributed by atoms with Crippen LogP contribution in [0.3, 0.4) is 0 Å². The average molecular weight is 425 g/mol. The molecule has 1 heterocycles. The van der Waals surface area contributed by atoms with Gasteiger partial charge in [0.05, 0.1) is 21.8 Å². The summed E-state index contributed by atoms with van der Waals surface area (Å²) in [6, 6.07) is 23.3. The van der Waals surface area contributed by atoms with Crippen molar-refractivity contribution < 1.29 is 4.79 Å². The van der Waals surface area contributed by atoms with E-state index in [9.17, 15) is 4.79 Å². The lowest BCUT2D eigenvalue weighted by Crippen LogP contribution is -2.30. The molecule has 0 saturated heterocycles. The summed E-state index contributed by atoms with van der Waals surface area (Å²) in [7, 11) is 0. The van der Waals surface area contributed by atoms with Crippen molar-refractivity contribution in [2.24, 2.45) is 0 Å². The van der Waals surface area contributed by atoms with Crippen LogP contribution in [0, 0.1) is 0 Å². The summed E-state index contributed by atoms with van der Waals surface area (Å²) in [5.74, 6) is -0.0658. The van der Waals surface area contributed by atoms with Crippen molar-refractivity contribution in [1.82, 2.24) is 4.98 Å². The van der Waals surface area contributed by atoms with E-state index in [2.05, 4.69) is 0 Å². The zero-order valence-corrected chi connectivity index (χ0v) is 17.5. The number of thioether (sulfide) groups is 1. The molecule has 4 aromatic rings. The van der Waals surface area contributed by atoms with Gasteiger partial charge in [0.25, 0.3) is 5.91 Å². The van der Waals surface area contributed by atoms with E-state index in [4.69, 9.17) is 16.6 Å². The molecule has 0 aliphatic carbocycles. The molecule has 1 amide bonds. The summed E-state index contributed by atoms with van der Waals surface area (Å²) in [4.78, 5) is 20.9. The molecular formula is C22H17ClN2OS2. The van der Waals surface area contributed by atoms with Gasteiger partial charge in [-0.15, -0.1) is 11.8 Å². The lowest BCUT2D eigenvalue weighted by atomic mass is 10.1. The van der Waals surface area contributed by atoms with Crippen molar-refractivity contribution in [3.63, 3.8) is 0 Å². The van der Waals surface area contributed by atoms with Crippen LogP contribution in [0.2, 0.25) is 5.02 Å². The maximum atomic E-state index is 13.5. The number of amides is 1. The van der Waals surface area contributed by atoms with Gasteiger partial charge in [-0.2, -0.15) is 0 Å². The smallest absolute Gasteiger partial charge is 0.261 e. The molecule has 0 radical (unpaired) electrons. The van der Waals surface area contributed by atoms with Crippen LogP contribution in [0.25, 0.3) is 10.2 Å². The van der Waals surface area contributed by atoms with Gasteiger partial charge in [-0.25, -0.2) is 4.98 Å². The Kier molecular flexibility index (Phi) is 5.67. The first-order valence-electron chi connectivity index (χ1n) is 8.71. The molecule has 28 heavy (non-hydrogen) atoms. The molecule has 1 aromatic heterocycles. The highest BCUT2D eigenvalue weighted by molar-refractivity contribution is 7.98. The minimum absolute atomic E-state index is 0.0658. The van der Waals surface area contributed by atoms with Crippen molar-refractivity contribution in [2.75, 3.05) is 11.2 Å². The van der Waals surface area contributed by atoms with Crippen LogP contribution in [0.5, 0.6) is 0 Å². The molecule has 3 aromatic carbocycles. The van der Waals surface area contributed by atoms with Crippen molar-refractivity contribution >= 4 is 56.0 Å². The van der Waals surface area contributed by atoms with Crippen molar-refractivity contribution in [2.45, 2.75) is 11.4 Å². The van der Waals surface area contributed by atoms with Crippen LogP contribution >= 0.6 is 34.7 Å². The molecule has 6 heteroatoms. The fraction of sp³-hybridized carbons (Fsp3) is 0.0909. The van der Waals surface area contributed by atoms with Crippen LogP contribution in [0.4, 0.5) is 5.13 Å². The summed E-state index contributed by atoms with van der Waals surface area (Å²) < 4.78 is 0.964. The SMILES string of the molecule is CSc1ccccc1C(=O)N(Cc1ccccc1)c1nc2c(Cl)cccc2s1. The van der Waals surface area contributed by atoms with Crippen LogP contribution in [0.15, 0.2) is 77.7 Å². The van der Waals surface area contributed by atoms with Gasteiger partial charge in [0.15, 0.2) is 5.13 Å². The molecule has 0 spiro atoms. The van der Waals surface area contributed by atoms with Crippen LogP contribution in [-0.4, -0.2) is 17.1 Å². The Hall–Kier alpha value is -2.34. The third-order valence-electron chi connectivity index (χ3n) is 4.36. The molecular weight excluding hydrogens is 408 g/mol. The van der Waals surface area contributed by atoms with E-state index in [-0.39, 0.29) is 5.91 Å². The van der Waals surface area contributed by atoms with E-state index in [0.717, 1.165) is 20.7 Å². The number of hydrogen-bond acceptors (Lipinski definition) is 4.